The fourth-order valence-electron chi connectivity index (χ4n) is 5.61. The number of aliphatic hydroxyl groups excluding tert-OH is 1. The lowest BCUT2D eigenvalue weighted by atomic mass is 9.51. The number of aliphatic hydroxyl groups is 1. The van der Waals surface area contributed by atoms with E-state index in [2.05, 4.69) is 6.07 Å². The first-order valence-corrected chi connectivity index (χ1v) is 8.69. The molecule has 2 fully saturated rings. The van der Waals surface area contributed by atoms with Gasteiger partial charge in [-0.3, -0.25) is 0 Å². The van der Waals surface area contributed by atoms with Crippen LogP contribution in [-0.4, -0.2) is 38.1 Å². The minimum absolute atomic E-state index is 0.00472. The van der Waals surface area contributed by atoms with Gasteiger partial charge in [-0.1, -0.05) is 12.8 Å². The average Bonchev–Trinajstić information content (AvgIpc) is 2.97. The van der Waals surface area contributed by atoms with Crippen molar-refractivity contribution in [2.24, 2.45) is 5.41 Å². The topological polar surface area (TPSA) is 47.9 Å². The minimum atomic E-state index is -0.213. The van der Waals surface area contributed by atoms with E-state index in [-0.39, 0.29) is 23.5 Å². The van der Waals surface area contributed by atoms with E-state index in [0.29, 0.717) is 0 Å². The molecule has 4 nitrogen and oxygen atoms in total. The molecule has 1 saturated heterocycles. The zero-order valence-corrected chi connectivity index (χ0v) is 14.1. The van der Waals surface area contributed by atoms with Crippen molar-refractivity contribution in [2.45, 2.75) is 50.0 Å². The predicted molar refractivity (Wildman–Crippen MR) is 87.3 cm³/mol. The molecular weight excluding hydrogens is 292 g/mol. The monoisotopic (exact) mass is 318 g/mol. The Balaban J connectivity index is 1.93. The molecule has 1 N–H and O–H groups in total. The van der Waals surface area contributed by atoms with Crippen LogP contribution in [0.15, 0.2) is 12.1 Å². The SMILES string of the molecule is COc1cc2c(c(OC)c1)[C@@H](CO)[C@]13CCCC[C@]1(CCO3)C2. The molecule has 0 aromatic heterocycles. The molecule has 0 amide bonds. The Morgan fingerprint density at radius 1 is 1.17 bits per heavy atom. The van der Waals surface area contributed by atoms with Crippen molar-refractivity contribution in [1.29, 1.82) is 0 Å². The molecule has 4 rings (SSSR count). The lowest BCUT2D eigenvalue weighted by Crippen LogP contribution is -2.56. The number of benzene rings is 1. The van der Waals surface area contributed by atoms with Crippen molar-refractivity contribution in [2.75, 3.05) is 27.4 Å². The third-order valence-corrected chi connectivity index (χ3v) is 6.57. The second kappa shape index (κ2) is 5.38. The molecule has 4 heteroatoms. The van der Waals surface area contributed by atoms with Gasteiger partial charge in [-0.15, -0.1) is 0 Å². The Labute approximate surface area is 137 Å². The van der Waals surface area contributed by atoms with E-state index in [0.717, 1.165) is 42.9 Å². The quantitative estimate of drug-likeness (QED) is 0.930. The van der Waals surface area contributed by atoms with Gasteiger partial charge in [0.25, 0.3) is 0 Å². The second-order valence-corrected chi connectivity index (χ2v) is 7.29. The van der Waals surface area contributed by atoms with Crippen LogP contribution >= 0.6 is 0 Å². The van der Waals surface area contributed by atoms with Crippen LogP contribution in [0.4, 0.5) is 0 Å². The maximum absolute atomic E-state index is 10.3. The lowest BCUT2D eigenvalue weighted by molar-refractivity contribution is -0.126. The van der Waals surface area contributed by atoms with E-state index in [1.807, 2.05) is 6.07 Å². The van der Waals surface area contributed by atoms with Crippen LogP contribution in [0.3, 0.4) is 0 Å². The summed E-state index contributed by atoms with van der Waals surface area (Å²) in [4.78, 5) is 0. The third-order valence-electron chi connectivity index (χ3n) is 6.57. The van der Waals surface area contributed by atoms with E-state index in [4.69, 9.17) is 14.2 Å². The normalized spacial score (nSPS) is 35.2. The highest BCUT2D eigenvalue weighted by atomic mass is 16.5. The molecule has 0 spiro atoms. The smallest absolute Gasteiger partial charge is 0.126 e. The van der Waals surface area contributed by atoms with Crippen LogP contribution in [0.2, 0.25) is 0 Å². The Morgan fingerprint density at radius 2 is 2.00 bits per heavy atom. The number of ether oxygens (including phenoxy) is 3. The van der Waals surface area contributed by atoms with Gasteiger partial charge in [0, 0.05) is 29.6 Å². The maximum atomic E-state index is 10.3. The number of rotatable bonds is 3. The summed E-state index contributed by atoms with van der Waals surface area (Å²) in [7, 11) is 3.38. The van der Waals surface area contributed by atoms with Crippen LogP contribution in [0.5, 0.6) is 11.5 Å². The van der Waals surface area contributed by atoms with Crippen molar-refractivity contribution >= 4 is 0 Å². The first kappa shape index (κ1) is 15.3. The van der Waals surface area contributed by atoms with Gasteiger partial charge in [0.05, 0.1) is 26.4 Å². The van der Waals surface area contributed by atoms with Crippen molar-refractivity contribution in [3.63, 3.8) is 0 Å². The number of hydrogen-bond donors (Lipinski definition) is 1. The minimum Gasteiger partial charge on any atom is -0.497 e. The van der Waals surface area contributed by atoms with Crippen molar-refractivity contribution in [3.05, 3.63) is 23.3 Å². The highest BCUT2D eigenvalue weighted by molar-refractivity contribution is 5.53. The number of methoxy groups -OCH3 is 2. The Hall–Kier alpha value is -1.26. The molecule has 0 radical (unpaired) electrons. The van der Waals surface area contributed by atoms with Crippen molar-refractivity contribution in [1.82, 2.24) is 0 Å². The number of fused-ring (bicyclic) bond motifs is 1. The van der Waals surface area contributed by atoms with Crippen LogP contribution < -0.4 is 9.47 Å². The lowest BCUT2D eigenvalue weighted by Gasteiger charge is -2.55. The standard InChI is InChI=1S/C19H26O4/c1-21-14-9-13-11-18-5-3-4-6-19(18,23-8-7-18)15(12-20)17(13)16(10-14)22-2/h9-10,15,20H,3-8,11-12H2,1-2H3/t15-,18+,19-/m1/s1. The van der Waals surface area contributed by atoms with Crippen LogP contribution in [0.25, 0.3) is 0 Å². The van der Waals surface area contributed by atoms with Crippen LogP contribution in [-0.2, 0) is 11.2 Å². The summed E-state index contributed by atoms with van der Waals surface area (Å²) in [6.45, 7) is 0.918. The third kappa shape index (κ3) is 1.91. The first-order valence-electron chi connectivity index (χ1n) is 8.69. The average molecular weight is 318 g/mol. The molecule has 1 heterocycles. The van der Waals surface area contributed by atoms with E-state index >= 15 is 0 Å². The molecular formula is C19H26O4. The zero-order chi connectivity index (χ0) is 16.1. The molecule has 1 aromatic rings. The van der Waals surface area contributed by atoms with E-state index < -0.39 is 0 Å². The second-order valence-electron chi connectivity index (χ2n) is 7.29. The largest absolute Gasteiger partial charge is 0.497 e. The molecule has 23 heavy (non-hydrogen) atoms. The predicted octanol–water partition coefficient (Wildman–Crippen LogP) is 3.06. The summed E-state index contributed by atoms with van der Waals surface area (Å²) in [5.41, 5.74) is 2.36. The Morgan fingerprint density at radius 3 is 2.74 bits per heavy atom. The van der Waals surface area contributed by atoms with Crippen molar-refractivity contribution in [3.8, 4) is 11.5 Å². The Bertz CT molecular complexity index is 614. The van der Waals surface area contributed by atoms with Crippen LogP contribution in [0, 0.1) is 5.41 Å². The number of hydrogen-bond acceptors (Lipinski definition) is 4. The van der Waals surface area contributed by atoms with Gasteiger partial charge in [-0.2, -0.15) is 0 Å². The molecule has 2 aliphatic carbocycles. The molecule has 0 unspecified atom stereocenters. The van der Waals surface area contributed by atoms with Gasteiger partial charge in [0.15, 0.2) is 0 Å². The highest BCUT2D eigenvalue weighted by Crippen LogP contribution is 2.64. The summed E-state index contributed by atoms with van der Waals surface area (Å²) in [6, 6.07) is 4.06. The van der Waals surface area contributed by atoms with Gasteiger partial charge in [-0.25, -0.2) is 0 Å². The van der Waals surface area contributed by atoms with E-state index in [9.17, 15) is 5.11 Å². The molecule has 126 valence electrons. The molecule has 1 aliphatic heterocycles. The summed E-state index contributed by atoms with van der Waals surface area (Å²) in [5, 5.41) is 10.3. The molecule has 3 atom stereocenters. The summed E-state index contributed by atoms with van der Waals surface area (Å²) in [6.07, 6.45) is 6.80. The van der Waals surface area contributed by atoms with Gasteiger partial charge < -0.3 is 19.3 Å². The fraction of sp³-hybridized carbons (Fsp3) is 0.684. The van der Waals surface area contributed by atoms with E-state index in [1.165, 1.54) is 24.8 Å². The molecule has 0 bridgehead atoms. The highest BCUT2D eigenvalue weighted by Gasteiger charge is 2.63. The van der Waals surface area contributed by atoms with E-state index in [1.54, 1.807) is 14.2 Å². The van der Waals surface area contributed by atoms with Gasteiger partial charge in [0.1, 0.15) is 11.5 Å². The summed E-state index contributed by atoms with van der Waals surface area (Å²) in [5.74, 6) is 1.65. The maximum Gasteiger partial charge on any atom is 0.126 e. The first-order chi connectivity index (χ1) is 11.2. The molecule has 1 aromatic carbocycles. The molecule has 3 aliphatic rings. The Kier molecular flexibility index (Phi) is 3.58. The zero-order valence-electron chi connectivity index (χ0n) is 14.1. The van der Waals surface area contributed by atoms with Crippen LogP contribution in [0.1, 0.15) is 49.1 Å². The summed E-state index contributed by atoms with van der Waals surface area (Å²) >= 11 is 0. The molecule has 1 saturated carbocycles. The van der Waals surface area contributed by atoms with Gasteiger partial charge >= 0.3 is 0 Å². The van der Waals surface area contributed by atoms with Gasteiger partial charge in [-0.05, 0) is 37.3 Å². The fourth-order valence-corrected chi connectivity index (χ4v) is 5.61. The van der Waals surface area contributed by atoms with Gasteiger partial charge in [0.2, 0.25) is 0 Å². The summed E-state index contributed by atoms with van der Waals surface area (Å²) < 4.78 is 17.5. The van der Waals surface area contributed by atoms with Crippen molar-refractivity contribution < 1.29 is 19.3 Å².